The van der Waals surface area contributed by atoms with E-state index in [9.17, 15) is 9.59 Å². The molecule has 0 aliphatic heterocycles. The number of hydrogen-bond acceptors (Lipinski definition) is 6. The highest BCUT2D eigenvalue weighted by Crippen LogP contribution is 2.10. The van der Waals surface area contributed by atoms with Crippen LogP contribution in [-0.2, 0) is 11.2 Å². The lowest BCUT2D eigenvalue weighted by molar-refractivity contribution is -0.124. The predicted octanol–water partition coefficient (Wildman–Crippen LogP) is 0.353. The van der Waals surface area contributed by atoms with Crippen LogP contribution < -0.4 is 5.32 Å². The number of carboxylic acid groups (broad SMARTS) is 1. The van der Waals surface area contributed by atoms with E-state index < -0.39 is 12.0 Å². The fourth-order valence-electron chi connectivity index (χ4n) is 1.50. The van der Waals surface area contributed by atoms with E-state index in [-0.39, 0.29) is 11.6 Å². The van der Waals surface area contributed by atoms with Crippen LogP contribution >= 0.6 is 11.3 Å². The zero-order valence-corrected chi connectivity index (χ0v) is 11.5. The van der Waals surface area contributed by atoms with Gasteiger partial charge in [0.15, 0.2) is 5.69 Å². The largest absolute Gasteiger partial charge is 0.476 e. The first-order chi connectivity index (χ1) is 9.58. The second-order valence-electron chi connectivity index (χ2n) is 4.02. The highest BCUT2D eigenvalue weighted by atomic mass is 32.1. The van der Waals surface area contributed by atoms with Gasteiger partial charge in [-0.15, -0.1) is 11.3 Å². The number of rotatable bonds is 6. The van der Waals surface area contributed by atoms with Crippen molar-refractivity contribution in [3.63, 3.8) is 0 Å². The number of carbonyl (C=O) groups excluding carboxylic acids is 1. The molecule has 2 aromatic rings. The first-order valence-corrected chi connectivity index (χ1v) is 6.75. The Kier molecular flexibility index (Phi) is 4.41. The molecular formula is C11H13N5O3S. The molecule has 106 valence electrons. The normalized spacial score (nSPS) is 12.1. The standard InChI is InChI=1S/C11H13N5O3S/c1-7(16-6-12-5-14-16)10(17)13-3-2-9-15-8(4-20-9)11(18)19/h4-7H,2-3H2,1H3,(H,13,17)(H,18,19). The fourth-order valence-corrected chi connectivity index (χ4v) is 2.27. The van der Waals surface area contributed by atoms with Gasteiger partial charge in [-0.2, -0.15) is 5.10 Å². The third-order valence-corrected chi connectivity index (χ3v) is 3.53. The molecule has 0 radical (unpaired) electrons. The Bertz CT molecular complexity index is 595. The minimum Gasteiger partial charge on any atom is -0.476 e. The Hall–Kier alpha value is -2.29. The van der Waals surface area contributed by atoms with Crippen LogP contribution in [0.4, 0.5) is 0 Å². The topological polar surface area (TPSA) is 110 Å². The van der Waals surface area contributed by atoms with Crippen molar-refractivity contribution in [2.24, 2.45) is 0 Å². The van der Waals surface area contributed by atoms with Gasteiger partial charge in [0.1, 0.15) is 18.7 Å². The Morgan fingerprint density at radius 3 is 2.95 bits per heavy atom. The van der Waals surface area contributed by atoms with Gasteiger partial charge in [-0.05, 0) is 6.92 Å². The van der Waals surface area contributed by atoms with Crippen LogP contribution in [0.2, 0.25) is 0 Å². The number of hydrogen-bond donors (Lipinski definition) is 2. The van der Waals surface area contributed by atoms with Crippen LogP contribution in [0.15, 0.2) is 18.0 Å². The molecular weight excluding hydrogens is 282 g/mol. The van der Waals surface area contributed by atoms with Gasteiger partial charge in [-0.3, -0.25) is 4.79 Å². The van der Waals surface area contributed by atoms with Crippen molar-refractivity contribution < 1.29 is 14.7 Å². The Labute approximate surface area is 118 Å². The lowest BCUT2D eigenvalue weighted by Crippen LogP contribution is -2.32. The molecule has 0 spiro atoms. The molecule has 0 aliphatic rings. The molecule has 9 heteroatoms. The number of thiazole rings is 1. The molecule has 0 aromatic carbocycles. The molecule has 2 aromatic heterocycles. The maximum Gasteiger partial charge on any atom is 0.355 e. The van der Waals surface area contributed by atoms with E-state index in [0.29, 0.717) is 18.0 Å². The smallest absolute Gasteiger partial charge is 0.355 e. The summed E-state index contributed by atoms with van der Waals surface area (Å²) in [7, 11) is 0. The molecule has 0 fully saturated rings. The second-order valence-corrected chi connectivity index (χ2v) is 4.97. The maximum absolute atomic E-state index is 11.8. The maximum atomic E-state index is 11.8. The summed E-state index contributed by atoms with van der Waals surface area (Å²) in [6, 6.07) is -0.441. The fraction of sp³-hybridized carbons (Fsp3) is 0.364. The average Bonchev–Trinajstić information content (AvgIpc) is 3.08. The van der Waals surface area contributed by atoms with E-state index in [1.54, 1.807) is 6.92 Å². The van der Waals surface area contributed by atoms with Gasteiger partial charge in [-0.25, -0.2) is 19.4 Å². The van der Waals surface area contributed by atoms with Gasteiger partial charge in [0.05, 0.1) is 5.01 Å². The third-order valence-electron chi connectivity index (χ3n) is 2.62. The van der Waals surface area contributed by atoms with Crippen molar-refractivity contribution in [1.29, 1.82) is 0 Å². The van der Waals surface area contributed by atoms with Crippen molar-refractivity contribution in [3.8, 4) is 0 Å². The van der Waals surface area contributed by atoms with Crippen molar-refractivity contribution in [2.75, 3.05) is 6.54 Å². The molecule has 8 nitrogen and oxygen atoms in total. The minimum atomic E-state index is -1.05. The van der Waals surface area contributed by atoms with Crippen molar-refractivity contribution in [3.05, 3.63) is 28.7 Å². The average molecular weight is 295 g/mol. The molecule has 2 N–H and O–H groups in total. The van der Waals surface area contributed by atoms with Gasteiger partial charge in [0.2, 0.25) is 5.91 Å². The van der Waals surface area contributed by atoms with Gasteiger partial charge in [-0.1, -0.05) is 0 Å². The molecule has 0 saturated carbocycles. The van der Waals surface area contributed by atoms with Crippen LogP contribution in [-0.4, -0.2) is 43.3 Å². The molecule has 1 amide bonds. The molecule has 1 atom stereocenters. The second kappa shape index (κ2) is 6.24. The summed E-state index contributed by atoms with van der Waals surface area (Å²) in [6.45, 7) is 2.11. The Balaban J connectivity index is 1.80. The molecule has 0 bridgehead atoms. The summed E-state index contributed by atoms with van der Waals surface area (Å²) in [5.74, 6) is -1.22. The number of amides is 1. The number of carbonyl (C=O) groups is 2. The molecule has 1 unspecified atom stereocenters. The van der Waals surface area contributed by atoms with E-state index in [4.69, 9.17) is 5.11 Å². The van der Waals surface area contributed by atoms with E-state index in [0.717, 1.165) is 0 Å². The van der Waals surface area contributed by atoms with Gasteiger partial charge in [0.25, 0.3) is 0 Å². The van der Waals surface area contributed by atoms with Gasteiger partial charge < -0.3 is 10.4 Å². The number of aromatic nitrogens is 4. The predicted molar refractivity (Wildman–Crippen MR) is 70.5 cm³/mol. The monoisotopic (exact) mass is 295 g/mol. The summed E-state index contributed by atoms with van der Waals surface area (Å²) >= 11 is 1.26. The number of nitrogens with zero attached hydrogens (tertiary/aromatic N) is 4. The van der Waals surface area contributed by atoms with E-state index >= 15 is 0 Å². The molecule has 20 heavy (non-hydrogen) atoms. The molecule has 0 saturated heterocycles. The van der Waals surface area contributed by atoms with Crippen LogP contribution in [0, 0.1) is 0 Å². The van der Waals surface area contributed by atoms with Crippen molar-refractivity contribution >= 4 is 23.2 Å². The number of nitrogens with one attached hydrogen (secondary N) is 1. The van der Waals surface area contributed by atoms with Gasteiger partial charge >= 0.3 is 5.97 Å². The Morgan fingerprint density at radius 1 is 1.55 bits per heavy atom. The SMILES string of the molecule is CC(C(=O)NCCc1nc(C(=O)O)cs1)n1cncn1. The molecule has 0 aliphatic carbocycles. The van der Waals surface area contributed by atoms with Gasteiger partial charge in [0, 0.05) is 18.3 Å². The van der Waals surface area contributed by atoms with Crippen molar-refractivity contribution in [1.82, 2.24) is 25.1 Å². The van der Waals surface area contributed by atoms with E-state index in [1.807, 2.05) is 0 Å². The summed E-state index contributed by atoms with van der Waals surface area (Å²) in [5.41, 5.74) is 0.0345. The summed E-state index contributed by atoms with van der Waals surface area (Å²) in [4.78, 5) is 30.2. The lowest BCUT2D eigenvalue weighted by atomic mass is 10.3. The first-order valence-electron chi connectivity index (χ1n) is 5.87. The van der Waals surface area contributed by atoms with E-state index in [2.05, 4.69) is 20.4 Å². The summed E-state index contributed by atoms with van der Waals surface area (Å²) in [5, 5.41) is 17.6. The van der Waals surface area contributed by atoms with E-state index in [1.165, 1.54) is 34.1 Å². The quantitative estimate of drug-likeness (QED) is 0.796. The summed E-state index contributed by atoms with van der Waals surface area (Å²) in [6.07, 6.45) is 3.34. The Morgan fingerprint density at radius 2 is 2.35 bits per heavy atom. The highest BCUT2D eigenvalue weighted by molar-refractivity contribution is 7.09. The highest BCUT2D eigenvalue weighted by Gasteiger charge is 2.15. The zero-order chi connectivity index (χ0) is 14.5. The zero-order valence-electron chi connectivity index (χ0n) is 10.7. The van der Waals surface area contributed by atoms with Crippen LogP contribution in [0.5, 0.6) is 0 Å². The minimum absolute atomic E-state index is 0.0345. The number of aromatic carboxylic acids is 1. The number of carboxylic acids is 1. The van der Waals surface area contributed by atoms with Crippen LogP contribution in [0.25, 0.3) is 0 Å². The molecule has 2 heterocycles. The third kappa shape index (κ3) is 3.38. The molecule has 2 rings (SSSR count). The lowest BCUT2D eigenvalue weighted by Gasteiger charge is -2.11. The summed E-state index contributed by atoms with van der Waals surface area (Å²) < 4.78 is 1.46. The van der Waals surface area contributed by atoms with Crippen LogP contribution in [0.3, 0.4) is 0 Å². The van der Waals surface area contributed by atoms with Crippen molar-refractivity contribution in [2.45, 2.75) is 19.4 Å². The first kappa shape index (κ1) is 14.1. The van der Waals surface area contributed by atoms with Crippen LogP contribution in [0.1, 0.15) is 28.5 Å².